The quantitative estimate of drug-likeness (QED) is 0.478. The molecule has 12 heavy (non-hydrogen) atoms. The molecule has 0 saturated heterocycles. The number of hydrogen-bond donors (Lipinski definition) is 1. The van der Waals surface area contributed by atoms with Crippen LogP contribution in [0.15, 0.2) is 18.2 Å². The number of nitrogens with two attached hydrogens (primary N) is 1. The summed E-state index contributed by atoms with van der Waals surface area (Å²) in [6.45, 7) is 2.09. The normalized spacial score (nSPS) is 10.0. The fraction of sp³-hybridized carbons (Fsp3) is 0.333. The van der Waals surface area contributed by atoms with Gasteiger partial charge >= 0.3 is 0 Å². The maximum Gasteiger partial charge on any atom is 0.0557 e. The molecule has 0 aliphatic heterocycles. The van der Waals surface area contributed by atoms with Crippen LogP contribution in [0.4, 0.5) is 5.69 Å². The van der Waals surface area contributed by atoms with Crippen LogP contribution in [0.3, 0.4) is 0 Å². The van der Waals surface area contributed by atoms with Gasteiger partial charge in [0.1, 0.15) is 0 Å². The smallest absolute Gasteiger partial charge is 0.0557 e. The highest BCUT2D eigenvalue weighted by Crippen LogP contribution is 2.23. The lowest BCUT2D eigenvalue weighted by Gasteiger charge is -2.17. The van der Waals surface area contributed by atoms with Gasteiger partial charge in [-0.3, -0.25) is 0 Å². The standard InChI is InChI=1S/C9H13BrN2/c1-7-4-3-5-9(12(2)11)8(7)6-10/h3-5H,6,11H2,1-2H3. The van der Waals surface area contributed by atoms with Crippen molar-refractivity contribution in [2.75, 3.05) is 12.1 Å². The number of halogens is 1. The lowest BCUT2D eigenvalue weighted by Crippen LogP contribution is -2.26. The van der Waals surface area contributed by atoms with E-state index in [1.807, 2.05) is 19.2 Å². The fourth-order valence-electron chi connectivity index (χ4n) is 1.19. The van der Waals surface area contributed by atoms with Crippen molar-refractivity contribution in [2.24, 2.45) is 5.84 Å². The van der Waals surface area contributed by atoms with Crippen molar-refractivity contribution in [1.29, 1.82) is 0 Å². The number of hydrogen-bond acceptors (Lipinski definition) is 2. The predicted molar refractivity (Wildman–Crippen MR) is 56.4 cm³/mol. The van der Waals surface area contributed by atoms with Gasteiger partial charge in [0.05, 0.1) is 5.69 Å². The molecule has 66 valence electrons. The second-order valence-electron chi connectivity index (χ2n) is 2.82. The van der Waals surface area contributed by atoms with Crippen LogP contribution >= 0.6 is 15.9 Å². The third-order valence-corrected chi connectivity index (χ3v) is 2.46. The van der Waals surface area contributed by atoms with Crippen LogP contribution in [0.25, 0.3) is 0 Å². The first kappa shape index (κ1) is 9.55. The second-order valence-corrected chi connectivity index (χ2v) is 3.38. The molecule has 0 aliphatic rings. The summed E-state index contributed by atoms with van der Waals surface area (Å²) in [5.41, 5.74) is 3.59. The van der Waals surface area contributed by atoms with Gasteiger partial charge in [0, 0.05) is 12.4 Å². The first-order valence-corrected chi connectivity index (χ1v) is 4.92. The zero-order chi connectivity index (χ0) is 9.14. The topological polar surface area (TPSA) is 29.3 Å². The van der Waals surface area contributed by atoms with E-state index in [9.17, 15) is 0 Å². The molecule has 0 bridgehead atoms. The van der Waals surface area contributed by atoms with Crippen molar-refractivity contribution in [3.05, 3.63) is 29.3 Å². The van der Waals surface area contributed by atoms with Gasteiger partial charge in [0.15, 0.2) is 0 Å². The third-order valence-electron chi connectivity index (χ3n) is 1.90. The number of benzene rings is 1. The van der Waals surface area contributed by atoms with E-state index in [0.29, 0.717) is 0 Å². The van der Waals surface area contributed by atoms with Crippen LogP contribution < -0.4 is 10.9 Å². The highest BCUT2D eigenvalue weighted by atomic mass is 79.9. The summed E-state index contributed by atoms with van der Waals surface area (Å²) in [6.07, 6.45) is 0. The first-order chi connectivity index (χ1) is 5.66. The molecule has 2 N–H and O–H groups in total. The molecule has 0 aliphatic carbocycles. The average Bonchev–Trinajstić information content (AvgIpc) is 2.03. The van der Waals surface area contributed by atoms with E-state index in [4.69, 9.17) is 5.84 Å². The van der Waals surface area contributed by atoms with Crippen molar-refractivity contribution in [3.63, 3.8) is 0 Å². The monoisotopic (exact) mass is 228 g/mol. The van der Waals surface area contributed by atoms with E-state index in [2.05, 4.69) is 28.9 Å². The molecule has 0 amide bonds. The largest absolute Gasteiger partial charge is 0.314 e. The van der Waals surface area contributed by atoms with E-state index in [1.165, 1.54) is 11.1 Å². The van der Waals surface area contributed by atoms with Crippen molar-refractivity contribution in [3.8, 4) is 0 Å². The molecule has 0 aromatic heterocycles. The van der Waals surface area contributed by atoms with Gasteiger partial charge in [-0.1, -0.05) is 28.1 Å². The van der Waals surface area contributed by atoms with E-state index in [-0.39, 0.29) is 0 Å². The molecule has 1 rings (SSSR count). The molecular weight excluding hydrogens is 216 g/mol. The minimum Gasteiger partial charge on any atom is -0.314 e. The molecule has 3 heteroatoms. The summed E-state index contributed by atoms with van der Waals surface area (Å²) in [7, 11) is 1.85. The molecule has 0 heterocycles. The summed E-state index contributed by atoms with van der Waals surface area (Å²) in [5, 5.41) is 2.49. The Morgan fingerprint density at radius 3 is 2.58 bits per heavy atom. The number of anilines is 1. The highest BCUT2D eigenvalue weighted by Gasteiger charge is 2.04. The molecule has 0 radical (unpaired) electrons. The van der Waals surface area contributed by atoms with Gasteiger partial charge in [-0.2, -0.15) is 0 Å². The predicted octanol–water partition coefficient (Wildman–Crippen LogP) is 2.20. The SMILES string of the molecule is Cc1cccc(N(C)N)c1CBr. The van der Waals surface area contributed by atoms with Crippen LogP contribution in [-0.4, -0.2) is 7.05 Å². The minimum absolute atomic E-state index is 0.844. The molecule has 2 nitrogen and oxygen atoms in total. The van der Waals surface area contributed by atoms with Gasteiger partial charge in [0.25, 0.3) is 0 Å². The average molecular weight is 229 g/mol. The Kier molecular flexibility index (Phi) is 3.12. The maximum absolute atomic E-state index is 5.67. The van der Waals surface area contributed by atoms with Crippen molar-refractivity contribution in [1.82, 2.24) is 0 Å². The van der Waals surface area contributed by atoms with Crippen LogP contribution in [0, 0.1) is 6.92 Å². The van der Waals surface area contributed by atoms with Crippen molar-refractivity contribution in [2.45, 2.75) is 12.3 Å². The van der Waals surface area contributed by atoms with E-state index >= 15 is 0 Å². The minimum atomic E-state index is 0.844. The number of rotatable bonds is 2. The fourth-order valence-corrected chi connectivity index (χ4v) is 1.92. The van der Waals surface area contributed by atoms with Crippen LogP contribution in [0.5, 0.6) is 0 Å². The Morgan fingerprint density at radius 2 is 2.17 bits per heavy atom. The van der Waals surface area contributed by atoms with Crippen molar-refractivity contribution < 1.29 is 0 Å². The Hall–Kier alpha value is -0.540. The van der Waals surface area contributed by atoms with E-state index < -0.39 is 0 Å². The summed E-state index contributed by atoms with van der Waals surface area (Å²) in [6, 6.07) is 6.12. The summed E-state index contributed by atoms with van der Waals surface area (Å²) in [5.74, 6) is 5.67. The second kappa shape index (κ2) is 3.92. The molecule has 0 saturated carbocycles. The zero-order valence-electron chi connectivity index (χ0n) is 7.34. The molecule has 0 unspecified atom stereocenters. The molecule has 1 aromatic carbocycles. The zero-order valence-corrected chi connectivity index (χ0v) is 8.93. The Morgan fingerprint density at radius 1 is 1.50 bits per heavy atom. The van der Waals surface area contributed by atoms with Gasteiger partial charge in [0.2, 0.25) is 0 Å². The number of alkyl halides is 1. The Labute approximate surface area is 81.5 Å². The van der Waals surface area contributed by atoms with Crippen LogP contribution in [-0.2, 0) is 5.33 Å². The van der Waals surface area contributed by atoms with E-state index in [0.717, 1.165) is 11.0 Å². The van der Waals surface area contributed by atoms with Crippen LogP contribution in [0.2, 0.25) is 0 Å². The lowest BCUT2D eigenvalue weighted by atomic mass is 10.1. The van der Waals surface area contributed by atoms with Gasteiger partial charge < -0.3 is 5.01 Å². The maximum atomic E-state index is 5.67. The molecule has 0 spiro atoms. The molecular formula is C9H13BrN2. The van der Waals surface area contributed by atoms with E-state index in [1.54, 1.807) is 5.01 Å². The van der Waals surface area contributed by atoms with Gasteiger partial charge in [-0.25, -0.2) is 5.84 Å². The van der Waals surface area contributed by atoms with Gasteiger partial charge in [-0.05, 0) is 24.1 Å². The summed E-state index contributed by atoms with van der Waals surface area (Å²) in [4.78, 5) is 0. The van der Waals surface area contributed by atoms with Gasteiger partial charge in [-0.15, -0.1) is 0 Å². The molecule has 0 fully saturated rings. The summed E-state index contributed by atoms with van der Waals surface area (Å²) < 4.78 is 0. The van der Waals surface area contributed by atoms with Crippen LogP contribution in [0.1, 0.15) is 11.1 Å². The lowest BCUT2D eigenvalue weighted by molar-refractivity contribution is 1.00. The molecule has 0 atom stereocenters. The number of hydrazine groups is 1. The van der Waals surface area contributed by atoms with Crippen molar-refractivity contribution >= 4 is 21.6 Å². The number of nitrogens with zero attached hydrogens (tertiary/aromatic N) is 1. The third kappa shape index (κ3) is 1.79. The Bertz CT molecular complexity index is 271. The summed E-state index contributed by atoms with van der Waals surface area (Å²) >= 11 is 3.45. The molecule has 1 aromatic rings. The first-order valence-electron chi connectivity index (χ1n) is 3.79. The number of aryl methyl sites for hydroxylation is 1. The Balaban J connectivity index is 3.18. The highest BCUT2D eigenvalue weighted by molar-refractivity contribution is 9.08.